The maximum Gasteiger partial charge on any atom is 0.0632 e. The third-order valence-corrected chi connectivity index (χ3v) is 3.70. The molecule has 0 unspecified atom stereocenters. The Bertz CT molecular complexity index is 555. The molecular weight excluding hydrogens is 220 g/mol. The lowest BCUT2D eigenvalue weighted by molar-refractivity contribution is 0.392. The normalized spacial score (nSPS) is 22.4. The molecule has 2 aromatic carbocycles. The number of hydrogen-bond donors (Lipinski definition) is 2. The molecule has 94 valence electrons. The maximum atomic E-state index is 3.63. The van der Waals surface area contributed by atoms with Crippen LogP contribution in [0.4, 0.5) is 0 Å². The highest BCUT2D eigenvalue weighted by atomic mass is 15.3. The molecule has 0 amide bonds. The van der Waals surface area contributed by atoms with Crippen molar-refractivity contribution in [3.05, 3.63) is 48.0 Å². The van der Waals surface area contributed by atoms with Crippen LogP contribution < -0.4 is 10.6 Å². The minimum absolute atomic E-state index is 0.0647. The molecule has 1 saturated heterocycles. The number of benzene rings is 2. The van der Waals surface area contributed by atoms with Crippen molar-refractivity contribution in [3.8, 4) is 0 Å². The van der Waals surface area contributed by atoms with Crippen molar-refractivity contribution in [3.63, 3.8) is 0 Å². The zero-order valence-electron chi connectivity index (χ0n) is 11.0. The van der Waals surface area contributed by atoms with Crippen LogP contribution in [0, 0.1) is 0 Å². The molecule has 1 heterocycles. The molecule has 2 aromatic rings. The van der Waals surface area contributed by atoms with Crippen molar-refractivity contribution in [2.75, 3.05) is 6.54 Å². The Kier molecular flexibility index (Phi) is 2.84. The Hall–Kier alpha value is -1.38. The van der Waals surface area contributed by atoms with E-state index in [0.717, 1.165) is 13.0 Å². The molecule has 2 heteroatoms. The SMILES string of the molecule is CC1(C)NC[C@H](Cc2cccc3ccccc23)N1. The van der Waals surface area contributed by atoms with Crippen LogP contribution in [0.3, 0.4) is 0 Å². The summed E-state index contributed by atoms with van der Waals surface area (Å²) in [6.45, 7) is 5.42. The standard InChI is InChI=1S/C16H20N2/c1-16(2)17-11-14(18-16)10-13-8-5-7-12-6-3-4-9-15(12)13/h3-9,14,17-18H,10-11H2,1-2H3/t14-/m0/s1. The van der Waals surface area contributed by atoms with Gasteiger partial charge in [-0.25, -0.2) is 0 Å². The van der Waals surface area contributed by atoms with Gasteiger partial charge in [-0.2, -0.15) is 0 Å². The van der Waals surface area contributed by atoms with Crippen molar-refractivity contribution in [1.82, 2.24) is 10.6 Å². The van der Waals surface area contributed by atoms with E-state index < -0.39 is 0 Å². The van der Waals surface area contributed by atoms with Crippen LogP contribution >= 0.6 is 0 Å². The molecule has 2 N–H and O–H groups in total. The molecule has 2 nitrogen and oxygen atoms in total. The van der Waals surface area contributed by atoms with Crippen LogP contribution in [-0.4, -0.2) is 18.2 Å². The first kappa shape index (κ1) is 11.7. The van der Waals surface area contributed by atoms with E-state index in [0.29, 0.717) is 6.04 Å². The zero-order valence-corrected chi connectivity index (χ0v) is 11.0. The van der Waals surface area contributed by atoms with Gasteiger partial charge in [0.15, 0.2) is 0 Å². The molecule has 0 bridgehead atoms. The van der Waals surface area contributed by atoms with Crippen LogP contribution in [-0.2, 0) is 6.42 Å². The van der Waals surface area contributed by atoms with Crippen LogP contribution in [0.1, 0.15) is 19.4 Å². The second-order valence-corrected chi connectivity index (χ2v) is 5.69. The van der Waals surface area contributed by atoms with E-state index in [4.69, 9.17) is 0 Å². The summed E-state index contributed by atoms with van der Waals surface area (Å²) in [4.78, 5) is 0. The fourth-order valence-electron chi connectivity index (χ4n) is 2.85. The molecule has 1 aliphatic heterocycles. The van der Waals surface area contributed by atoms with Crippen molar-refractivity contribution in [2.24, 2.45) is 0 Å². The van der Waals surface area contributed by atoms with Gasteiger partial charge >= 0.3 is 0 Å². The van der Waals surface area contributed by atoms with Crippen LogP contribution in [0.15, 0.2) is 42.5 Å². The van der Waals surface area contributed by atoms with Gasteiger partial charge in [-0.3, -0.25) is 10.6 Å². The van der Waals surface area contributed by atoms with Gasteiger partial charge < -0.3 is 0 Å². The number of rotatable bonds is 2. The van der Waals surface area contributed by atoms with Gasteiger partial charge in [0.1, 0.15) is 0 Å². The molecule has 18 heavy (non-hydrogen) atoms. The van der Waals surface area contributed by atoms with Crippen molar-refractivity contribution < 1.29 is 0 Å². The molecule has 1 fully saturated rings. The lowest BCUT2D eigenvalue weighted by Gasteiger charge is -2.20. The van der Waals surface area contributed by atoms with Gasteiger partial charge in [-0.15, -0.1) is 0 Å². The van der Waals surface area contributed by atoms with Crippen LogP contribution in [0.25, 0.3) is 10.8 Å². The average Bonchev–Trinajstić information content (AvgIpc) is 2.69. The van der Waals surface area contributed by atoms with E-state index in [-0.39, 0.29) is 5.66 Å². The summed E-state index contributed by atoms with van der Waals surface area (Å²) in [6.07, 6.45) is 1.08. The second kappa shape index (κ2) is 4.38. The second-order valence-electron chi connectivity index (χ2n) is 5.69. The third kappa shape index (κ3) is 2.26. The Labute approximate surface area is 108 Å². The third-order valence-electron chi connectivity index (χ3n) is 3.70. The minimum Gasteiger partial charge on any atom is -0.298 e. The molecule has 0 saturated carbocycles. The summed E-state index contributed by atoms with van der Waals surface area (Å²) in [6, 6.07) is 15.7. The number of nitrogens with one attached hydrogen (secondary N) is 2. The fraction of sp³-hybridized carbons (Fsp3) is 0.375. The minimum atomic E-state index is 0.0647. The lowest BCUT2D eigenvalue weighted by atomic mass is 9.99. The van der Waals surface area contributed by atoms with E-state index in [1.807, 2.05) is 0 Å². The molecule has 1 aliphatic rings. The summed E-state index contributed by atoms with van der Waals surface area (Å²) < 4.78 is 0. The molecule has 1 atom stereocenters. The predicted octanol–water partition coefficient (Wildman–Crippen LogP) is 2.68. The number of fused-ring (bicyclic) bond motifs is 1. The predicted molar refractivity (Wildman–Crippen MR) is 76.7 cm³/mol. The summed E-state index contributed by atoms with van der Waals surface area (Å²) in [5.74, 6) is 0. The molecular formula is C16H20N2. The maximum absolute atomic E-state index is 3.63. The monoisotopic (exact) mass is 240 g/mol. The topological polar surface area (TPSA) is 24.1 Å². The van der Waals surface area contributed by atoms with E-state index in [1.165, 1.54) is 16.3 Å². The summed E-state index contributed by atoms with van der Waals surface area (Å²) in [7, 11) is 0. The van der Waals surface area contributed by atoms with Crippen LogP contribution in [0.2, 0.25) is 0 Å². The van der Waals surface area contributed by atoms with Gasteiger partial charge in [-0.1, -0.05) is 42.5 Å². The highest BCUT2D eigenvalue weighted by Gasteiger charge is 2.29. The largest absolute Gasteiger partial charge is 0.298 e. The number of hydrogen-bond acceptors (Lipinski definition) is 2. The average molecular weight is 240 g/mol. The fourth-order valence-corrected chi connectivity index (χ4v) is 2.85. The summed E-state index contributed by atoms with van der Waals surface area (Å²) >= 11 is 0. The molecule has 0 radical (unpaired) electrons. The highest BCUT2D eigenvalue weighted by molar-refractivity contribution is 5.85. The van der Waals surface area contributed by atoms with Crippen molar-refractivity contribution in [1.29, 1.82) is 0 Å². The van der Waals surface area contributed by atoms with E-state index >= 15 is 0 Å². The summed E-state index contributed by atoms with van der Waals surface area (Å²) in [5, 5.41) is 9.85. The Morgan fingerprint density at radius 3 is 2.67 bits per heavy atom. The lowest BCUT2D eigenvalue weighted by Crippen LogP contribution is -2.44. The Balaban J connectivity index is 1.87. The smallest absolute Gasteiger partial charge is 0.0632 e. The van der Waals surface area contributed by atoms with Gasteiger partial charge in [0, 0.05) is 12.6 Å². The summed E-state index contributed by atoms with van der Waals surface area (Å²) in [5.41, 5.74) is 1.50. The molecule has 0 aliphatic carbocycles. The van der Waals surface area contributed by atoms with E-state index in [2.05, 4.69) is 66.9 Å². The van der Waals surface area contributed by atoms with Gasteiger partial charge in [-0.05, 0) is 36.6 Å². The van der Waals surface area contributed by atoms with E-state index in [9.17, 15) is 0 Å². The molecule has 3 rings (SSSR count). The highest BCUT2D eigenvalue weighted by Crippen LogP contribution is 2.21. The Morgan fingerprint density at radius 2 is 1.89 bits per heavy atom. The molecule has 0 aromatic heterocycles. The van der Waals surface area contributed by atoms with Gasteiger partial charge in [0.2, 0.25) is 0 Å². The van der Waals surface area contributed by atoms with E-state index in [1.54, 1.807) is 0 Å². The first-order valence-corrected chi connectivity index (χ1v) is 6.63. The zero-order chi connectivity index (χ0) is 12.6. The van der Waals surface area contributed by atoms with Gasteiger partial charge in [0.05, 0.1) is 5.66 Å². The first-order valence-electron chi connectivity index (χ1n) is 6.63. The van der Waals surface area contributed by atoms with Crippen LogP contribution in [0.5, 0.6) is 0 Å². The quantitative estimate of drug-likeness (QED) is 0.843. The first-order chi connectivity index (χ1) is 8.64. The molecule has 0 spiro atoms. The van der Waals surface area contributed by atoms with Crippen molar-refractivity contribution in [2.45, 2.75) is 32.0 Å². The Morgan fingerprint density at radius 1 is 1.11 bits per heavy atom. The van der Waals surface area contributed by atoms with Gasteiger partial charge in [0.25, 0.3) is 0 Å². The van der Waals surface area contributed by atoms with Crippen molar-refractivity contribution >= 4 is 10.8 Å².